The number of hydrogen-bond donors (Lipinski definition) is 4. The van der Waals surface area contributed by atoms with Crippen molar-refractivity contribution < 1.29 is 19.1 Å². The summed E-state index contributed by atoms with van der Waals surface area (Å²) in [6.07, 6.45) is 0. The summed E-state index contributed by atoms with van der Waals surface area (Å²) in [5, 5.41) is 11.5. The fourth-order valence-electron chi connectivity index (χ4n) is 3.62. The van der Waals surface area contributed by atoms with Crippen molar-refractivity contribution in [2.75, 3.05) is 14.2 Å². The van der Waals surface area contributed by atoms with E-state index >= 15 is 0 Å². The zero-order valence-electron chi connectivity index (χ0n) is 14.3. The molecule has 0 unspecified atom stereocenters. The van der Waals surface area contributed by atoms with Gasteiger partial charge in [0.1, 0.15) is 11.5 Å². The van der Waals surface area contributed by atoms with Crippen LogP contribution in [0.5, 0.6) is 11.5 Å². The highest BCUT2D eigenvalue weighted by atomic mass is 16.5. The van der Waals surface area contributed by atoms with Crippen LogP contribution in [0, 0.1) is 0 Å². The smallest absolute Gasteiger partial charge is 0.319 e. The van der Waals surface area contributed by atoms with E-state index in [0.717, 1.165) is 0 Å². The van der Waals surface area contributed by atoms with Crippen LogP contribution in [0.2, 0.25) is 0 Å². The third kappa shape index (κ3) is 2.08. The van der Waals surface area contributed by atoms with Gasteiger partial charge >= 0.3 is 12.1 Å². The van der Waals surface area contributed by atoms with E-state index in [1.54, 1.807) is 50.6 Å². The summed E-state index contributed by atoms with van der Waals surface area (Å²) in [4.78, 5) is 24.7. The summed E-state index contributed by atoms with van der Waals surface area (Å²) in [5.74, 6) is 1.22. The largest absolute Gasteiger partial charge is 0.497 e. The lowest BCUT2D eigenvalue weighted by Crippen LogP contribution is -2.60. The zero-order chi connectivity index (χ0) is 18.4. The average Bonchev–Trinajstić information content (AvgIpc) is 3.09. The van der Waals surface area contributed by atoms with Gasteiger partial charge in [-0.25, -0.2) is 9.59 Å². The second-order valence-electron chi connectivity index (χ2n) is 6.12. The van der Waals surface area contributed by atoms with Gasteiger partial charge < -0.3 is 30.7 Å². The van der Waals surface area contributed by atoms with Gasteiger partial charge in [-0.2, -0.15) is 0 Å². The molecule has 0 spiro atoms. The lowest BCUT2D eigenvalue weighted by atomic mass is 9.83. The predicted octanol–water partition coefficient (Wildman–Crippen LogP) is 1.34. The van der Waals surface area contributed by atoms with Crippen LogP contribution in [-0.4, -0.2) is 26.3 Å². The first-order valence-corrected chi connectivity index (χ1v) is 8.03. The molecule has 0 aromatic heterocycles. The minimum Gasteiger partial charge on any atom is -0.497 e. The van der Waals surface area contributed by atoms with Gasteiger partial charge in [-0.1, -0.05) is 24.3 Å². The number of amides is 4. The monoisotopic (exact) mass is 354 g/mol. The van der Waals surface area contributed by atoms with Crippen molar-refractivity contribution in [3.05, 3.63) is 59.7 Å². The molecule has 0 atom stereocenters. The van der Waals surface area contributed by atoms with Crippen molar-refractivity contribution in [1.82, 2.24) is 21.3 Å². The quantitative estimate of drug-likeness (QED) is 0.665. The number of rotatable bonds is 4. The van der Waals surface area contributed by atoms with Gasteiger partial charge in [-0.15, -0.1) is 0 Å². The number of nitrogens with one attached hydrogen (secondary N) is 4. The van der Waals surface area contributed by atoms with E-state index in [9.17, 15) is 9.59 Å². The van der Waals surface area contributed by atoms with Crippen LogP contribution in [0.25, 0.3) is 0 Å². The zero-order valence-corrected chi connectivity index (χ0v) is 14.3. The topological polar surface area (TPSA) is 101 Å². The lowest BCUT2D eigenvalue weighted by molar-refractivity contribution is 0.207. The number of benzene rings is 2. The van der Waals surface area contributed by atoms with Gasteiger partial charge in [-0.3, -0.25) is 0 Å². The Morgan fingerprint density at radius 3 is 1.42 bits per heavy atom. The summed E-state index contributed by atoms with van der Waals surface area (Å²) in [6, 6.07) is 13.5. The third-order valence-corrected chi connectivity index (χ3v) is 4.77. The van der Waals surface area contributed by atoms with Gasteiger partial charge in [-0.05, 0) is 24.3 Å². The van der Waals surface area contributed by atoms with Gasteiger partial charge in [0.15, 0.2) is 11.3 Å². The number of methoxy groups -OCH3 is 2. The van der Waals surface area contributed by atoms with E-state index in [4.69, 9.17) is 9.47 Å². The number of fused-ring (bicyclic) bond motifs is 1. The maximum atomic E-state index is 12.4. The van der Waals surface area contributed by atoms with Crippen molar-refractivity contribution >= 4 is 12.1 Å². The number of carbonyl (C=O) groups excluding carboxylic acids is 2. The molecule has 2 aliphatic rings. The van der Waals surface area contributed by atoms with Crippen molar-refractivity contribution in [1.29, 1.82) is 0 Å². The molecule has 134 valence electrons. The van der Waals surface area contributed by atoms with E-state index < -0.39 is 23.4 Å². The minimum absolute atomic E-state index is 0.414. The SMILES string of the molecule is COc1cccc(C23NC(=O)NC2(c2cccc(OC)c2)NC(=O)N3)c1. The van der Waals surface area contributed by atoms with Crippen molar-refractivity contribution in [3.63, 3.8) is 0 Å². The van der Waals surface area contributed by atoms with Gasteiger partial charge in [0.25, 0.3) is 0 Å². The summed E-state index contributed by atoms with van der Waals surface area (Å²) in [5.41, 5.74) is -1.14. The summed E-state index contributed by atoms with van der Waals surface area (Å²) >= 11 is 0. The molecule has 8 heteroatoms. The van der Waals surface area contributed by atoms with Crippen LogP contribution >= 0.6 is 0 Å². The summed E-state index contributed by atoms with van der Waals surface area (Å²) < 4.78 is 10.6. The Balaban J connectivity index is 1.95. The fourth-order valence-corrected chi connectivity index (χ4v) is 3.62. The Morgan fingerprint density at radius 2 is 1.08 bits per heavy atom. The van der Waals surface area contributed by atoms with Gasteiger partial charge in [0.05, 0.1) is 14.2 Å². The summed E-state index contributed by atoms with van der Waals surface area (Å²) in [6.45, 7) is 0. The molecule has 4 amide bonds. The maximum Gasteiger partial charge on any atom is 0.319 e. The molecule has 2 saturated heterocycles. The second-order valence-corrected chi connectivity index (χ2v) is 6.12. The maximum absolute atomic E-state index is 12.4. The Hall–Kier alpha value is -3.42. The van der Waals surface area contributed by atoms with Crippen LogP contribution in [0.3, 0.4) is 0 Å². The fraction of sp³-hybridized carbons (Fsp3) is 0.222. The highest BCUT2D eigenvalue weighted by Gasteiger charge is 2.66. The molecule has 4 N–H and O–H groups in total. The molecule has 2 heterocycles. The number of carbonyl (C=O) groups is 2. The van der Waals surface area contributed by atoms with Crippen LogP contribution in [0.15, 0.2) is 48.5 Å². The lowest BCUT2D eigenvalue weighted by Gasteiger charge is -2.37. The summed E-state index contributed by atoms with van der Waals surface area (Å²) in [7, 11) is 3.12. The molecular weight excluding hydrogens is 336 g/mol. The van der Waals surface area contributed by atoms with E-state index in [2.05, 4.69) is 21.3 Å². The second kappa shape index (κ2) is 5.55. The molecule has 2 aromatic rings. The molecule has 0 radical (unpaired) electrons. The average molecular weight is 354 g/mol. The van der Waals surface area contributed by atoms with Gasteiger partial charge in [0, 0.05) is 11.1 Å². The van der Waals surface area contributed by atoms with Crippen LogP contribution < -0.4 is 30.7 Å². The van der Waals surface area contributed by atoms with Gasteiger partial charge in [0.2, 0.25) is 0 Å². The van der Waals surface area contributed by atoms with Crippen LogP contribution in [0.1, 0.15) is 11.1 Å². The first kappa shape index (κ1) is 16.1. The molecule has 0 aliphatic carbocycles. The van der Waals surface area contributed by atoms with E-state index in [-0.39, 0.29) is 0 Å². The predicted molar refractivity (Wildman–Crippen MR) is 92.7 cm³/mol. The van der Waals surface area contributed by atoms with Crippen LogP contribution in [0.4, 0.5) is 9.59 Å². The minimum atomic E-state index is -1.23. The van der Waals surface area contributed by atoms with E-state index in [1.165, 1.54) is 0 Å². The molecule has 4 rings (SSSR count). The van der Waals surface area contributed by atoms with E-state index in [1.807, 2.05) is 12.1 Å². The van der Waals surface area contributed by atoms with Crippen LogP contribution in [-0.2, 0) is 11.3 Å². The van der Waals surface area contributed by atoms with Crippen molar-refractivity contribution in [3.8, 4) is 11.5 Å². The highest BCUT2D eigenvalue weighted by Crippen LogP contribution is 2.44. The Kier molecular flexibility index (Phi) is 3.43. The Labute approximate surface area is 149 Å². The molecule has 26 heavy (non-hydrogen) atoms. The number of urea groups is 2. The molecule has 0 saturated carbocycles. The normalized spacial score (nSPS) is 26.2. The standard InChI is InChI=1S/C18H18N4O4/c1-25-13-7-3-5-11(9-13)17-18(21-15(23)19-17,22-16(24)20-17)12-6-4-8-14(10-12)26-2/h3-10H,1-2H3,(H2,19,21,23)(H2,20,22,24). The number of hydrogen-bond acceptors (Lipinski definition) is 4. The Morgan fingerprint density at radius 1 is 0.692 bits per heavy atom. The Bertz CT molecular complexity index is 809. The van der Waals surface area contributed by atoms with Crippen molar-refractivity contribution in [2.24, 2.45) is 0 Å². The molecule has 2 aromatic carbocycles. The molecule has 2 aliphatic heterocycles. The number of ether oxygens (including phenoxy) is 2. The first-order valence-electron chi connectivity index (χ1n) is 8.03. The third-order valence-electron chi connectivity index (χ3n) is 4.77. The molecule has 2 fully saturated rings. The van der Waals surface area contributed by atoms with Crippen molar-refractivity contribution in [2.45, 2.75) is 11.3 Å². The molecule has 0 bridgehead atoms. The molecular formula is C18H18N4O4. The first-order chi connectivity index (χ1) is 12.5. The highest BCUT2D eigenvalue weighted by molar-refractivity contribution is 5.89. The molecule has 8 nitrogen and oxygen atoms in total. The van der Waals surface area contributed by atoms with E-state index in [0.29, 0.717) is 22.6 Å².